The Kier molecular flexibility index (Phi) is 3.99. The number of nitrogens with zero attached hydrogens (tertiary/aromatic N) is 1. The van der Waals surface area contributed by atoms with Gasteiger partial charge in [-0.2, -0.15) is 0 Å². The number of ether oxygens (including phenoxy) is 1. The molecule has 2 atom stereocenters. The summed E-state index contributed by atoms with van der Waals surface area (Å²) in [5.74, 6) is 1.80. The summed E-state index contributed by atoms with van der Waals surface area (Å²) in [7, 11) is 2.25. The Morgan fingerprint density at radius 1 is 1.40 bits per heavy atom. The maximum atomic E-state index is 5.62. The number of benzene rings is 1. The second-order valence-corrected chi connectivity index (χ2v) is 6.50. The quantitative estimate of drug-likeness (QED) is 0.913. The first-order chi connectivity index (χ1) is 9.65. The van der Waals surface area contributed by atoms with Crippen LogP contribution >= 0.6 is 0 Å². The van der Waals surface area contributed by atoms with E-state index in [4.69, 9.17) is 4.74 Å². The number of likely N-dealkylation sites (tertiary alicyclic amines) is 1. The van der Waals surface area contributed by atoms with E-state index in [1.165, 1.54) is 24.1 Å². The van der Waals surface area contributed by atoms with Crippen LogP contribution in [-0.2, 0) is 6.42 Å². The minimum absolute atomic E-state index is 0.548. The minimum Gasteiger partial charge on any atom is -0.493 e. The molecule has 0 bridgehead atoms. The third-order valence-electron chi connectivity index (χ3n) is 4.62. The fourth-order valence-electron chi connectivity index (χ4n) is 3.54. The van der Waals surface area contributed by atoms with Crippen molar-refractivity contribution in [1.29, 1.82) is 0 Å². The van der Waals surface area contributed by atoms with E-state index in [0.29, 0.717) is 18.0 Å². The standard InChI is InChI=1S/C17H26N2O/c1-12(2)18-11-15-6-8-19(3)17(15)14-4-5-16-13(10-14)7-9-20-16/h4-5,10,12,15,17-18H,6-9,11H2,1-3H3. The molecule has 3 heteroatoms. The van der Waals surface area contributed by atoms with E-state index in [-0.39, 0.29) is 0 Å². The number of fused-ring (bicyclic) bond motifs is 1. The lowest BCUT2D eigenvalue weighted by molar-refractivity contribution is 0.269. The molecule has 1 saturated heterocycles. The highest BCUT2D eigenvalue weighted by molar-refractivity contribution is 5.41. The van der Waals surface area contributed by atoms with Crippen LogP contribution in [0.15, 0.2) is 18.2 Å². The van der Waals surface area contributed by atoms with Gasteiger partial charge in [-0.25, -0.2) is 0 Å². The molecule has 2 aliphatic heterocycles. The average Bonchev–Trinajstić information content (AvgIpc) is 3.01. The lowest BCUT2D eigenvalue weighted by Gasteiger charge is -2.27. The highest BCUT2D eigenvalue weighted by atomic mass is 16.5. The first kappa shape index (κ1) is 13.9. The zero-order valence-corrected chi connectivity index (χ0v) is 12.9. The molecule has 3 rings (SSSR count). The van der Waals surface area contributed by atoms with Crippen molar-refractivity contribution in [2.45, 2.75) is 38.8 Å². The predicted octanol–water partition coefficient (Wildman–Crippen LogP) is 2.61. The van der Waals surface area contributed by atoms with Crippen molar-refractivity contribution in [3.8, 4) is 5.75 Å². The Morgan fingerprint density at radius 3 is 3.05 bits per heavy atom. The summed E-state index contributed by atoms with van der Waals surface area (Å²) in [6.07, 6.45) is 2.35. The van der Waals surface area contributed by atoms with Gasteiger partial charge in [0.05, 0.1) is 6.61 Å². The summed E-state index contributed by atoms with van der Waals surface area (Å²) in [5, 5.41) is 3.61. The normalized spacial score (nSPS) is 26.0. The third-order valence-corrected chi connectivity index (χ3v) is 4.62. The van der Waals surface area contributed by atoms with Crippen molar-refractivity contribution < 1.29 is 4.74 Å². The molecular formula is C17H26N2O. The number of rotatable bonds is 4. The molecule has 0 spiro atoms. The molecule has 0 radical (unpaired) electrons. The number of nitrogens with one attached hydrogen (secondary N) is 1. The second kappa shape index (κ2) is 5.74. The fourth-order valence-corrected chi connectivity index (χ4v) is 3.54. The highest BCUT2D eigenvalue weighted by Gasteiger charge is 2.33. The van der Waals surface area contributed by atoms with Gasteiger partial charge in [0.15, 0.2) is 0 Å². The van der Waals surface area contributed by atoms with E-state index in [9.17, 15) is 0 Å². The predicted molar refractivity (Wildman–Crippen MR) is 82.3 cm³/mol. The monoisotopic (exact) mass is 274 g/mol. The van der Waals surface area contributed by atoms with E-state index in [1.54, 1.807) is 0 Å². The Bertz CT molecular complexity index is 472. The maximum absolute atomic E-state index is 5.62. The zero-order chi connectivity index (χ0) is 14.1. The van der Waals surface area contributed by atoms with Crippen LogP contribution < -0.4 is 10.1 Å². The molecule has 2 heterocycles. The van der Waals surface area contributed by atoms with E-state index in [0.717, 1.165) is 25.3 Å². The summed E-state index contributed by atoms with van der Waals surface area (Å²) in [5.41, 5.74) is 2.85. The fraction of sp³-hybridized carbons (Fsp3) is 0.647. The van der Waals surface area contributed by atoms with Gasteiger partial charge in [0.1, 0.15) is 5.75 Å². The molecule has 110 valence electrons. The second-order valence-electron chi connectivity index (χ2n) is 6.50. The molecule has 1 fully saturated rings. The lowest BCUT2D eigenvalue weighted by atomic mass is 9.92. The summed E-state index contributed by atoms with van der Waals surface area (Å²) < 4.78 is 5.62. The van der Waals surface area contributed by atoms with Gasteiger partial charge in [-0.05, 0) is 43.1 Å². The molecule has 20 heavy (non-hydrogen) atoms. The van der Waals surface area contributed by atoms with Crippen LogP contribution in [0.25, 0.3) is 0 Å². The van der Waals surface area contributed by atoms with E-state index < -0.39 is 0 Å². The van der Waals surface area contributed by atoms with Gasteiger partial charge in [-0.15, -0.1) is 0 Å². The number of hydrogen-bond donors (Lipinski definition) is 1. The molecule has 2 aliphatic rings. The van der Waals surface area contributed by atoms with Crippen molar-refractivity contribution in [3.05, 3.63) is 29.3 Å². The first-order valence-corrected chi connectivity index (χ1v) is 7.84. The van der Waals surface area contributed by atoms with E-state index in [2.05, 4.69) is 49.3 Å². The van der Waals surface area contributed by atoms with Crippen molar-refractivity contribution >= 4 is 0 Å². The molecule has 3 nitrogen and oxygen atoms in total. The van der Waals surface area contributed by atoms with Crippen LogP contribution in [0.5, 0.6) is 5.75 Å². The molecule has 0 amide bonds. The molecule has 0 aliphatic carbocycles. The topological polar surface area (TPSA) is 24.5 Å². The molecule has 2 unspecified atom stereocenters. The van der Waals surface area contributed by atoms with Crippen molar-refractivity contribution in [3.63, 3.8) is 0 Å². The maximum Gasteiger partial charge on any atom is 0.122 e. The van der Waals surface area contributed by atoms with Crippen LogP contribution in [0, 0.1) is 5.92 Å². The summed E-state index contributed by atoms with van der Waals surface area (Å²) in [4.78, 5) is 2.50. The first-order valence-electron chi connectivity index (χ1n) is 7.84. The Balaban J connectivity index is 1.79. The van der Waals surface area contributed by atoms with Crippen molar-refractivity contribution in [2.24, 2.45) is 5.92 Å². The summed E-state index contributed by atoms with van der Waals surface area (Å²) in [6, 6.07) is 7.91. The molecular weight excluding hydrogens is 248 g/mol. The molecule has 1 N–H and O–H groups in total. The van der Waals surface area contributed by atoms with Crippen molar-refractivity contribution in [1.82, 2.24) is 10.2 Å². The SMILES string of the molecule is CC(C)NCC1CCN(C)C1c1ccc2c(c1)CCO2. The third kappa shape index (κ3) is 2.70. The smallest absolute Gasteiger partial charge is 0.122 e. The molecule has 0 aromatic heterocycles. The Labute approximate surface area is 122 Å². The van der Waals surface area contributed by atoms with Crippen LogP contribution in [0.1, 0.15) is 37.4 Å². The zero-order valence-electron chi connectivity index (χ0n) is 12.9. The van der Waals surface area contributed by atoms with E-state index >= 15 is 0 Å². The van der Waals surface area contributed by atoms with Crippen molar-refractivity contribution in [2.75, 3.05) is 26.7 Å². The van der Waals surface area contributed by atoms with Crippen LogP contribution in [0.2, 0.25) is 0 Å². The van der Waals surface area contributed by atoms with Gasteiger partial charge in [0, 0.05) is 25.0 Å². The largest absolute Gasteiger partial charge is 0.493 e. The van der Waals surface area contributed by atoms with E-state index in [1.807, 2.05) is 0 Å². The molecule has 1 aromatic carbocycles. The van der Waals surface area contributed by atoms with Gasteiger partial charge in [-0.3, -0.25) is 4.90 Å². The van der Waals surface area contributed by atoms with Crippen LogP contribution in [0.4, 0.5) is 0 Å². The minimum atomic E-state index is 0.548. The van der Waals surface area contributed by atoms with Crippen LogP contribution in [-0.4, -0.2) is 37.7 Å². The Hall–Kier alpha value is -1.06. The highest BCUT2D eigenvalue weighted by Crippen LogP contribution is 2.38. The van der Waals surface area contributed by atoms with Gasteiger partial charge in [0.25, 0.3) is 0 Å². The van der Waals surface area contributed by atoms with Gasteiger partial charge in [-0.1, -0.05) is 26.0 Å². The van der Waals surface area contributed by atoms with Gasteiger partial charge < -0.3 is 10.1 Å². The summed E-state index contributed by atoms with van der Waals surface area (Å²) >= 11 is 0. The number of hydrogen-bond acceptors (Lipinski definition) is 3. The lowest BCUT2D eigenvalue weighted by Crippen LogP contribution is -2.32. The average molecular weight is 274 g/mol. The Morgan fingerprint density at radius 2 is 2.25 bits per heavy atom. The van der Waals surface area contributed by atoms with Crippen LogP contribution in [0.3, 0.4) is 0 Å². The van der Waals surface area contributed by atoms with Gasteiger partial charge in [0.2, 0.25) is 0 Å². The summed E-state index contributed by atoms with van der Waals surface area (Å²) in [6.45, 7) is 7.60. The van der Waals surface area contributed by atoms with Gasteiger partial charge >= 0.3 is 0 Å². The molecule has 1 aromatic rings. The molecule has 0 saturated carbocycles.